The summed E-state index contributed by atoms with van der Waals surface area (Å²) in [6.45, 7) is 4.73. The summed E-state index contributed by atoms with van der Waals surface area (Å²) in [7, 11) is 2.04. The molecule has 0 saturated carbocycles. The Labute approximate surface area is 287 Å². The van der Waals surface area contributed by atoms with Crippen LogP contribution in [0.2, 0.25) is 5.02 Å². The van der Waals surface area contributed by atoms with Gasteiger partial charge in [-0.25, -0.2) is 14.2 Å². The van der Waals surface area contributed by atoms with E-state index in [1.807, 2.05) is 26.1 Å². The molecule has 2 aromatic heterocycles. The maximum absolute atomic E-state index is 17.2. The van der Waals surface area contributed by atoms with E-state index in [-0.39, 0.29) is 52.5 Å². The highest BCUT2D eigenvalue weighted by Crippen LogP contribution is 2.43. The van der Waals surface area contributed by atoms with E-state index < -0.39 is 17.5 Å². The first kappa shape index (κ1) is 32.6. The van der Waals surface area contributed by atoms with E-state index in [1.54, 1.807) is 39.8 Å². The lowest BCUT2D eigenvalue weighted by atomic mass is 9.93. The van der Waals surface area contributed by atoms with Gasteiger partial charge in [0, 0.05) is 47.9 Å². The third-order valence-electron chi connectivity index (χ3n) is 10.3. The first-order valence-corrected chi connectivity index (χ1v) is 16.9. The van der Waals surface area contributed by atoms with Gasteiger partial charge in [-0.1, -0.05) is 41.9 Å². The second kappa shape index (κ2) is 12.8. The SMILES string of the molecule is CC(=O)N1CCC(n2c(=O)[nH]c3c(O[C@@H](C)C4CCCN4C)nc4c(F)c(-c5cccc6cccc(C#N)c56)c(Cl)cc4c32)C[C@H]1CC#N. The van der Waals surface area contributed by atoms with Crippen molar-refractivity contribution in [2.24, 2.45) is 0 Å². The van der Waals surface area contributed by atoms with Crippen LogP contribution in [-0.2, 0) is 4.79 Å². The van der Waals surface area contributed by atoms with Crippen LogP contribution >= 0.6 is 11.6 Å². The average Bonchev–Trinajstić information content (AvgIpc) is 3.67. The molecule has 2 saturated heterocycles. The summed E-state index contributed by atoms with van der Waals surface area (Å²) in [5.41, 5.74) is 1.21. The number of amides is 1. The summed E-state index contributed by atoms with van der Waals surface area (Å²) in [5, 5.41) is 21.2. The van der Waals surface area contributed by atoms with E-state index in [1.165, 1.54) is 6.92 Å². The Morgan fingerprint density at radius 2 is 1.98 bits per heavy atom. The van der Waals surface area contributed by atoms with Crippen molar-refractivity contribution < 1.29 is 13.9 Å². The Hall–Kier alpha value is -4.97. The number of halogens is 2. The van der Waals surface area contributed by atoms with Gasteiger partial charge in [0.1, 0.15) is 17.1 Å². The van der Waals surface area contributed by atoms with Crippen LogP contribution in [0.5, 0.6) is 5.88 Å². The second-order valence-corrected chi connectivity index (χ2v) is 13.5. The van der Waals surface area contributed by atoms with Gasteiger partial charge in [-0.2, -0.15) is 10.5 Å². The Bertz CT molecular complexity index is 2280. The number of H-pyrrole nitrogens is 1. The summed E-state index contributed by atoms with van der Waals surface area (Å²) < 4.78 is 25.3. The van der Waals surface area contributed by atoms with Gasteiger partial charge in [0.25, 0.3) is 0 Å². The number of nitriles is 2. The fourth-order valence-electron chi connectivity index (χ4n) is 8.01. The number of carbonyl (C=O) groups excluding carboxylic acids is 1. The van der Waals surface area contributed by atoms with E-state index in [0.717, 1.165) is 24.8 Å². The zero-order valence-corrected chi connectivity index (χ0v) is 28.2. The van der Waals surface area contributed by atoms with Crippen LogP contribution in [0.3, 0.4) is 0 Å². The second-order valence-electron chi connectivity index (χ2n) is 13.1. The molecular formula is C37H35ClFN7O3. The first-order valence-electron chi connectivity index (χ1n) is 16.5. The molecule has 0 aliphatic carbocycles. The third kappa shape index (κ3) is 5.47. The lowest BCUT2D eigenvalue weighted by molar-refractivity contribution is -0.132. The number of likely N-dealkylation sites (N-methyl/N-ethyl adjacent to an activating group) is 1. The molecule has 4 heterocycles. The number of nitrogens with zero attached hydrogens (tertiary/aromatic N) is 6. The zero-order valence-electron chi connectivity index (χ0n) is 27.5. The highest BCUT2D eigenvalue weighted by molar-refractivity contribution is 6.35. The van der Waals surface area contributed by atoms with E-state index in [4.69, 9.17) is 21.3 Å². The third-order valence-corrected chi connectivity index (χ3v) is 10.6. The summed E-state index contributed by atoms with van der Waals surface area (Å²) in [6.07, 6.45) is 2.58. The Balaban J connectivity index is 1.48. The molecule has 2 unspecified atom stereocenters. The van der Waals surface area contributed by atoms with Gasteiger partial charge in [-0.15, -0.1) is 0 Å². The van der Waals surface area contributed by atoms with Crippen molar-refractivity contribution in [1.29, 1.82) is 10.5 Å². The number of aromatic nitrogens is 3. The zero-order chi connectivity index (χ0) is 34.6. The predicted octanol–water partition coefficient (Wildman–Crippen LogP) is 6.69. The molecule has 1 amide bonds. The minimum absolute atomic E-state index is 0.0252. The number of nitrogens with one attached hydrogen (secondary N) is 1. The van der Waals surface area contributed by atoms with Crippen molar-refractivity contribution in [3.05, 3.63) is 69.4 Å². The van der Waals surface area contributed by atoms with Gasteiger partial charge in [0.2, 0.25) is 11.8 Å². The van der Waals surface area contributed by atoms with Crippen molar-refractivity contribution in [3.8, 4) is 29.1 Å². The van der Waals surface area contributed by atoms with Gasteiger partial charge < -0.3 is 14.6 Å². The normalized spacial score (nSPS) is 20.5. The number of hydrogen-bond donors (Lipinski definition) is 1. The van der Waals surface area contributed by atoms with Crippen molar-refractivity contribution in [1.82, 2.24) is 24.3 Å². The number of pyridine rings is 1. The molecule has 2 aliphatic heterocycles. The van der Waals surface area contributed by atoms with Crippen LogP contribution < -0.4 is 10.4 Å². The largest absolute Gasteiger partial charge is 0.471 e. The molecule has 0 radical (unpaired) electrons. The van der Waals surface area contributed by atoms with Gasteiger partial charge in [-0.05, 0) is 69.3 Å². The van der Waals surface area contributed by atoms with Crippen molar-refractivity contribution in [2.45, 2.75) is 70.2 Å². The van der Waals surface area contributed by atoms with E-state index in [0.29, 0.717) is 52.3 Å². The maximum atomic E-state index is 17.2. The number of fused-ring (bicyclic) bond motifs is 4. The number of likely N-dealkylation sites (tertiary alicyclic amines) is 2. The molecule has 12 heteroatoms. The molecule has 10 nitrogen and oxygen atoms in total. The minimum atomic E-state index is -0.700. The lowest BCUT2D eigenvalue weighted by Crippen LogP contribution is -2.46. The smallest absolute Gasteiger partial charge is 0.326 e. The Morgan fingerprint density at radius 3 is 2.67 bits per heavy atom. The number of hydrogen-bond acceptors (Lipinski definition) is 7. The molecule has 2 aliphatic rings. The molecular weight excluding hydrogens is 645 g/mol. The molecule has 0 spiro atoms. The van der Waals surface area contributed by atoms with Crippen LogP contribution in [0.4, 0.5) is 4.39 Å². The summed E-state index contributed by atoms with van der Waals surface area (Å²) >= 11 is 6.96. The van der Waals surface area contributed by atoms with Crippen molar-refractivity contribution in [3.63, 3.8) is 0 Å². The number of piperidine rings is 1. The predicted molar refractivity (Wildman–Crippen MR) is 186 cm³/mol. The fraction of sp³-hybridized carbons (Fsp3) is 0.378. The molecule has 1 N–H and O–H groups in total. The monoisotopic (exact) mass is 679 g/mol. The van der Waals surface area contributed by atoms with Crippen LogP contribution in [0.15, 0.2) is 47.3 Å². The number of carbonyl (C=O) groups is 1. The molecule has 250 valence electrons. The maximum Gasteiger partial charge on any atom is 0.326 e. The van der Waals surface area contributed by atoms with Crippen LogP contribution in [0.1, 0.15) is 57.6 Å². The number of imidazole rings is 1. The van der Waals surface area contributed by atoms with E-state index in [9.17, 15) is 20.1 Å². The standard InChI is InChI=1S/C37H35ClFN7O3/c1-20(29-11-6-15-44(29)3)49-36-34-35(46(37(48)43-34)25-13-16-45(21(2)47)24(17-25)12-14-40)27-18-28(38)31(32(39)33(27)42-36)26-10-5-8-22-7-4-9-23(19-41)30(22)26/h4-5,7-10,18,20,24-25,29H,6,11-13,15-17H2,1-3H3,(H,43,48)/t20-,24+,25?,29?/m0/s1. The molecule has 7 rings (SSSR count). The van der Waals surface area contributed by atoms with E-state index in [2.05, 4.69) is 22.0 Å². The van der Waals surface area contributed by atoms with E-state index >= 15 is 4.39 Å². The molecule has 2 fully saturated rings. The summed E-state index contributed by atoms with van der Waals surface area (Å²) in [4.78, 5) is 37.9. The highest BCUT2D eigenvalue weighted by Gasteiger charge is 2.35. The number of rotatable bonds is 6. The van der Waals surface area contributed by atoms with Crippen molar-refractivity contribution >= 4 is 50.2 Å². The number of ether oxygens (including phenoxy) is 1. The molecule has 49 heavy (non-hydrogen) atoms. The Kier molecular flexibility index (Phi) is 8.52. The molecule has 3 aromatic carbocycles. The number of benzene rings is 3. The van der Waals surface area contributed by atoms with Gasteiger partial charge in [0.15, 0.2) is 5.82 Å². The summed E-state index contributed by atoms with van der Waals surface area (Å²) in [6, 6.07) is 16.0. The topological polar surface area (TPSA) is 131 Å². The van der Waals surface area contributed by atoms with Crippen LogP contribution in [-0.4, -0.2) is 68.6 Å². The molecule has 4 atom stereocenters. The van der Waals surface area contributed by atoms with Crippen molar-refractivity contribution in [2.75, 3.05) is 20.1 Å². The molecule has 0 bridgehead atoms. The first-order chi connectivity index (χ1) is 23.6. The fourth-order valence-corrected chi connectivity index (χ4v) is 8.30. The summed E-state index contributed by atoms with van der Waals surface area (Å²) in [5.74, 6) is -0.728. The van der Waals surface area contributed by atoms with Gasteiger partial charge >= 0.3 is 5.69 Å². The quantitative estimate of drug-likeness (QED) is 0.212. The van der Waals surface area contributed by atoms with Gasteiger partial charge in [0.05, 0.1) is 34.7 Å². The minimum Gasteiger partial charge on any atom is -0.471 e. The Morgan fingerprint density at radius 1 is 1.20 bits per heavy atom. The van der Waals surface area contributed by atoms with Crippen LogP contribution in [0.25, 0.3) is 43.8 Å². The van der Waals surface area contributed by atoms with Gasteiger partial charge in [-0.3, -0.25) is 14.3 Å². The van der Waals surface area contributed by atoms with Crippen LogP contribution in [0, 0.1) is 28.5 Å². The highest BCUT2D eigenvalue weighted by atomic mass is 35.5. The molecule has 5 aromatic rings. The average molecular weight is 680 g/mol. The lowest BCUT2D eigenvalue weighted by Gasteiger charge is -2.38. The number of aromatic amines is 1.